The van der Waals surface area contributed by atoms with Crippen LogP contribution in [0.2, 0.25) is 0 Å². The van der Waals surface area contributed by atoms with Crippen LogP contribution in [0.1, 0.15) is 280 Å². The first-order chi connectivity index (χ1) is 39.2. The summed E-state index contributed by atoms with van der Waals surface area (Å²) in [5.41, 5.74) is 0. The molecule has 5 atom stereocenters. The Labute approximate surface area is 497 Å². The van der Waals surface area contributed by atoms with Crippen LogP contribution in [0.25, 0.3) is 0 Å². The fraction of sp³-hybridized carbons (Fsp3) is 0.873. The van der Waals surface area contributed by atoms with E-state index >= 15 is 0 Å². The molecule has 19 heteroatoms. The molecular formula is C63H118O17P2. The van der Waals surface area contributed by atoms with Gasteiger partial charge in [0.05, 0.1) is 26.4 Å². The molecule has 0 heterocycles. The lowest BCUT2D eigenvalue weighted by molar-refractivity contribution is -0.161. The molecule has 3 N–H and O–H groups in total. The van der Waals surface area contributed by atoms with Gasteiger partial charge in [-0.3, -0.25) is 37.3 Å². The molecule has 2 unspecified atom stereocenters. The Morgan fingerprint density at radius 3 is 0.988 bits per heavy atom. The molecule has 82 heavy (non-hydrogen) atoms. The van der Waals surface area contributed by atoms with E-state index in [1.807, 2.05) is 0 Å². The second kappa shape index (κ2) is 54.0. The standard InChI is InChI=1S/C63H118O17P2/c1-8-9-10-11-12-13-14-15-16-17-18-19-20-30-37-44-60(65)73-50-58(79-62(67)46-39-32-25-22-28-35-42-55(4)5)52-77-81(69,70)75-48-57(64)49-76-82(71,72)78-53-59(80-63(68)47-40-33-26-23-29-36-43-56(6)7)51-74-61(66)45-38-31-24-21-27-34-41-54(2)3/h13-16,54-59,64H,8-12,17-53H2,1-7H3,(H,69,70)(H,71,72)/b14-13-,16-15-/t57-,58-,59-/m1/s1. The Kier molecular flexibility index (Phi) is 52.4. The monoisotopic (exact) mass is 1210 g/mol. The van der Waals surface area contributed by atoms with Crippen LogP contribution >= 0.6 is 15.6 Å². The first-order valence-electron chi connectivity index (χ1n) is 32.2. The predicted molar refractivity (Wildman–Crippen MR) is 326 cm³/mol. The molecule has 0 rings (SSSR count). The van der Waals surface area contributed by atoms with Gasteiger partial charge >= 0.3 is 39.5 Å². The van der Waals surface area contributed by atoms with E-state index in [1.54, 1.807) is 0 Å². The van der Waals surface area contributed by atoms with Gasteiger partial charge in [0.1, 0.15) is 19.3 Å². The molecule has 0 aromatic carbocycles. The van der Waals surface area contributed by atoms with Crippen LogP contribution in [0.15, 0.2) is 24.3 Å². The zero-order valence-corrected chi connectivity index (χ0v) is 54.2. The lowest BCUT2D eigenvalue weighted by atomic mass is 10.0. The second-order valence-electron chi connectivity index (χ2n) is 23.5. The first kappa shape index (κ1) is 79.5. The number of hydrogen-bond donors (Lipinski definition) is 3. The molecule has 17 nitrogen and oxygen atoms in total. The summed E-state index contributed by atoms with van der Waals surface area (Å²) in [5, 5.41) is 10.5. The average Bonchev–Trinajstić information content (AvgIpc) is 3.43. The largest absolute Gasteiger partial charge is 0.472 e. The van der Waals surface area contributed by atoms with Gasteiger partial charge in [0.2, 0.25) is 0 Å². The van der Waals surface area contributed by atoms with Crippen molar-refractivity contribution in [2.75, 3.05) is 39.6 Å². The van der Waals surface area contributed by atoms with Crippen LogP contribution in [0, 0.1) is 17.8 Å². The molecule has 0 amide bonds. The van der Waals surface area contributed by atoms with Crippen molar-refractivity contribution in [2.45, 2.75) is 298 Å². The van der Waals surface area contributed by atoms with Crippen LogP contribution in [0.3, 0.4) is 0 Å². The summed E-state index contributed by atoms with van der Waals surface area (Å²) in [7, 11) is -9.89. The van der Waals surface area contributed by atoms with Crippen LogP contribution in [0.5, 0.6) is 0 Å². The van der Waals surface area contributed by atoms with E-state index in [0.717, 1.165) is 116 Å². The number of esters is 4. The van der Waals surface area contributed by atoms with Gasteiger partial charge in [0, 0.05) is 25.7 Å². The molecule has 0 fully saturated rings. The highest BCUT2D eigenvalue weighted by atomic mass is 31.2. The van der Waals surface area contributed by atoms with E-state index in [0.29, 0.717) is 43.4 Å². The van der Waals surface area contributed by atoms with Gasteiger partial charge in [-0.25, -0.2) is 9.13 Å². The third kappa shape index (κ3) is 56.7. The fourth-order valence-corrected chi connectivity index (χ4v) is 10.3. The topological polar surface area (TPSA) is 237 Å². The number of rotatable bonds is 59. The fourth-order valence-electron chi connectivity index (χ4n) is 8.76. The van der Waals surface area contributed by atoms with Gasteiger partial charge in [-0.1, -0.05) is 227 Å². The summed E-state index contributed by atoms with van der Waals surface area (Å²) >= 11 is 0. The van der Waals surface area contributed by atoms with Crippen LogP contribution in [0.4, 0.5) is 0 Å². The van der Waals surface area contributed by atoms with Crippen LogP contribution in [-0.2, 0) is 65.4 Å². The van der Waals surface area contributed by atoms with E-state index in [4.69, 9.17) is 37.0 Å². The Hall–Kier alpha value is -2.46. The van der Waals surface area contributed by atoms with Crippen molar-refractivity contribution in [3.05, 3.63) is 24.3 Å². The highest BCUT2D eigenvalue weighted by Gasteiger charge is 2.30. The van der Waals surface area contributed by atoms with Crippen molar-refractivity contribution in [1.82, 2.24) is 0 Å². The molecule has 0 aliphatic carbocycles. The molecule has 0 aliphatic rings. The minimum atomic E-state index is -4.95. The molecule has 0 saturated heterocycles. The minimum absolute atomic E-state index is 0.0944. The van der Waals surface area contributed by atoms with Gasteiger partial charge in [-0.05, 0) is 69.1 Å². The Bertz CT molecular complexity index is 1720. The quantitative estimate of drug-likeness (QED) is 0.0169. The molecular weight excluding hydrogens is 1090 g/mol. The third-order valence-electron chi connectivity index (χ3n) is 13.8. The molecule has 0 aromatic heterocycles. The highest BCUT2D eigenvalue weighted by molar-refractivity contribution is 7.47. The lowest BCUT2D eigenvalue weighted by Crippen LogP contribution is -2.30. The molecule has 0 aliphatic heterocycles. The number of carbonyl (C=O) groups excluding carboxylic acids is 4. The first-order valence-corrected chi connectivity index (χ1v) is 35.2. The van der Waals surface area contributed by atoms with Crippen LogP contribution in [-0.4, -0.2) is 96.7 Å². The summed E-state index contributed by atoms with van der Waals surface area (Å²) in [6.45, 7) is 11.4. The Morgan fingerprint density at radius 1 is 0.378 bits per heavy atom. The minimum Gasteiger partial charge on any atom is -0.462 e. The number of hydrogen-bond acceptors (Lipinski definition) is 15. The van der Waals surface area contributed by atoms with Gasteiger partial charge in [-0.2, -0.15) is 0 Å². The van der Waals surface area contributed by atoms with Crippen molar-refractivity contribution < 1.29 is 80.2 Å². The SMILES string of the molecule is CCCCCC/C=C\C=C/CCCCCCCC(=O)OC[C@H](COP(=O)(O)OC[C@@H](O)COP(=O)(O)OC[C@@H](COC(=O)CCCCCCCCC(C)C)OC(=O)CCCCCCCCC(C)C)OC(=O)CCCCCCCCC(C)C. The van der Waals surface area contributed by atoms with Gasteiger partial charge < -0.3 is 33.8 Å². The van der Waals surface area contributed by atoms with E-state index in [9.17, 15) is 43.2 Å². The third-order valence-corrected chi connectivity index (χ3v) is 15.7. The smallest absolute Gasteiger partial charge is 0.462 e. The summed E-state index contributed by atoms with van der Waals surface area (Å²) in [5.74, 6) is -0.167. The lowest BCUT2D eigenvalue weighted by Gasteiger charge is -2.21. The van der Waals surface area contributed by atoms with Crippen molar-refractivity contribution in [2.24, 2.45) is 17.8 Å². The Balaban J connectivity index is 5.23. The number of aliphatic hydroxyl groups excluding tert-OH is 1. The average molecular weight is 1210 g/mol. The number of allylic oxidation sites excluding steroid dienone is 4. The number of unbranched alkanes of at least 4 members (excludes halogenated alkanes) is 24. The number of carbonyl (C=O) groups is 4. The summed E-state index contributed by atoms with van der Waals surface area (Å²) in [6, 6.07) is 0. The molecule has 0 bridgehead atoms. The molecule has 0 spiro atoms. The molecule has 0 radical (unpaired) electrons. The summed E-state index contributed by atoms with van der Waals surface area (Å²) in [4.78, 5) is 72.0. The number of ether oxygens (including phenoxy) is 4. The van der Waals surface area contributed by atoms with E-state index in [-0.39, 0.29) is 25.7 Å². The highest BCUT2D eigenvalue weighted by Crippen LogP contribution is 2.45. The predicted octanol–water partition coefficient (Wildman–Crippen LogP) is 16.7. The van der Waals surface area contributed by atoms with Crippen molar-refractivity contribution in [1.29, 1.82) is 0 Å². The molecule has 482 valence electrons. The summed E-state index contributed by atoms with van der Waals surface area (Å²) in [6.07, 6.45) is 37.6. The number of phosphoric acid groups is 2. The van der Waals surface area contributed by atoms with Gasteiger partial charge in [0.15, 0.2) is 12.2 Å². The zero-order chi connectivity index (χ0) is 61.0. The summed E-state index contributed by atoms with van der Waals surface area (Å²) < 4.78 is 67.8. The second-order valence-corrected chi connectivity index (χ2v) is 26.4. The number of aliphatic hydroxyl groups is 1. The van der Waals surface area contributed by atoms with Crippen molar-refractivity contribution in [3.63, 3.8) is 0 Å². The van der Waals surface area contributed by atoms with E-state index in [1.165, 1.54) is 64.2 Å². The van der Waals surface area contributed by atoms with Crippen molar-refractivity contribution in [3.8, 4) is 0 Å². The normalized spacial score (nSPS) is 14.6. The van der Waals surface area contributed by atoms with E-state index < -0.39 is 97.5 Å². The molecule has 0 saturated carbocycles. The van der Waals surface area contributed by atoms with Crippen molar-refractivity contribution >= 4 is 39.5 Å². The maximum Gasteiger partial charge on any atom is 0.472 e. The maximum absolute atomic E-state index is 12.9. The van der Waals surface area contributed by atoms with Crippen LogP contribution < -0.4 is 0 Å². The molecule has 0 aromatic rings. The number of phosphoric ester groups is 2. The zero-order valence-electron chi connectivity index (χ0n) is 52.4. The maximum atomic E-state index is 12.9. The van der Waals surface area contributed by atoms with E-state index in [2.05, 4.69) is 72.8 Å². The van der Waals surface area contributed by atoms with Gasteiger partial charge in [0.25, 0.3) is 0 Å². The van der Waals surface area contributed by atoms with Gasteiger partial charge in [-0.15, -0.1) is 0 Å². The Morgan fingerprint density at radius 2 is 0.659 bits per heavy atom.